The standard InChI is InChI=1S/C24H18ClNO3S/c1-16-2-4-18(5-3-16)15-29-21-12-6-17(7-13-21)14-22-23(27)26(24(28)30-22)20-10-8-19(25)9-11-20/h2-14H,15H2,1H3/b22-14-. The van der Waals surface area contributed by atoms with E-state index in [1.165, 1.54) is 5.56 Å². The van der Waals surface area contributed by atoms with Crippen molar-refractivity contribution in [2.24, 2.45) is 0 Å². The fourth-order valence-electron chi connectivity index (χ4n) is 2.94. The molecule has 4 rings (SSSR count). The van der Waals surface area contributed by atoms with E-state index in [9.17, 15) is 9.59 Å². The predicted octanol–water partition coefficient (Wildman–Crippen LogP) is 6.47. The number of imide groups is 1. The van der Waals surface area contributed by atoms with Gasteiger partial charge in [0.2, 0.25) is 0 Å². The summed E-state index contributed by atoms with van der Waals surface area (Å²) in [5, 5.41) is 0.220. The first kappa shape index (κ1) is 20.3. The molecule has 0 spiro atoms. The molecule has 0 radical (unpaired) electrons. The zero-order valence-corrected chi connectivity index (χ0v) is 17.7. The molecule has 0 atom stereocenters. The second-order valence-electron chi connectivity index (χ2n) is 6.84. The van der Waals surface area contributed by atoms with Gasteiger partial charge < -0.3 is 4.74 Å². The minimum absolute atomic E-state index is 0.327. The Balaban J connectivity index is 1.44. The quantitative estimate of drug-likeness (QED) is 0.431. The smallest absolute Gasteiger partial charge is 0.298 e. The Bertz CT molecular complexity index is 1110. The van der Waals surface area contributed by atoms with Crippen molar-refractivity contribution in [2.75, 3.05) is 4.90 Å². The molecule has 0 unspecified atom stereocenters. The highest BCUT2D eigenvalue weighted by molar-refractivity contribution is 8.19. The summed E-state index contributed by atoms with van der Waals surface area (Å²) in [5.41, 5.74) is 3.63. The van der Waals surface area contributed by atoms with Crippen LogP contribution < -0.4 is 9.64 Å². The summed E-state index contributed by atoms with van der Waals surface area (Å²) in [6, 6.07) is 22.2. The molecule has 0 aliphatic carbocycles. The number of carbonyl (C=O) groups excluding carboxylic acids is 2. The normalized spacial score (nSPS) is 15.1. The van der Waals surface area contributed by atoms with Crippen LogP contribution in [0.25, 0.3) is 6.08 Å². The van der Waals surface area contributed by atoms with Crippen molar-refractivity contribution >= 4 is 46.3 Å². The first-order valence-electron chi connectivity index (χ1n) is 9.31. The van der Waals surface area contributed by atoms with Crippen molar-refractivity contribution in [3.8, 4) is 5.75 Å². The van der Waals surface area contributed by atoms with E-state index in [-0.39, 0.29) is 11.1 Å². The molecule has 1 aliphatic heterocycles. The molecular weight excluding hydrogens is 418 g/mol. The lowest BCUT2D eigenvalue weighted by Gasteiger charge is -2.12. The molecule has 0 saturated carbocycles. The molecule has 30 heavy (non-hydrogen) atoms. The number of nitrogens with zero attached hydrogens (tertiary/aromatic N) is 1. The van der Waals surface area contributed by atoms with E-state index in [1.807, 2.05) is 43.3 Å². The van der Waals surface area contributed by atoms with Gasteiger partial charge in [0.05, 0.1) is 10.6 Å². The second-order valence-corrected chi connectivity index (χ2v) is 8.27. The molecule has 150 valence electrons. The molecule has 4 nitrogen and oxygen atoms in total. The van der Waals surface area contributed by atoms with E-state index in [4.69, 9.17) is 16.3 Å². The van der Waals surface area contributed by atoms with Gasteiger partial charge in [-0.15, -0.1) is 0 Å². The first-order chi connectivity index (χ1) is 14.5. The molecule has 0 bridgehead atoms. The third kappa shape index (κ3) is 4.58. The number of thioether (sulfide) groups is 1. The average Bonchev–Trinajstić information content (AvgIpc) is 3.02. The second kappa shape index (κ2) is 8.78. The van der Waals surface area contributed by atoms with Gasteiger partial charge >= 0.3 is 0 Å². The molecule has 1 aliphatic rings. The highest BCUT2D eigenvalue weighted by Crippen LogP contribution is 2.36. The van der Waals surface area contributed by atoms with E-state index in [1.54, 1.807) is 30.3 Å². The summed E-state index contributed by atoms with van der Waals surface area (Å²) in [6.07, 6.45) is 1.71. The van der Waals surface area contributed by atoms with Gasteiger partial charge in [0.25, 0.3) is 11.1 Å². The molecule has 0 N–H and O–H groups in total. The largest absolute Gasteiger partial charge is 0.489 e. The van der Waals surface area contributed by atoms with Gasteiger partial charge in [-0.2, -0.15) is 0 Å². The van der Waals surface area contributed by atoms with Crippen molar-refractivity contribution < 1.29 is 14.3 Å². The Kier molecular flexibility index (Phi) is 5.93. The van der Waals surface area contributed by atoms with Gasteiger partial charge in [-0.3, -0.25) is 9.59 Å². The number of halogens is 1. The van der Waals surface area contributed by atoms with Crippen molar-refractivity contribution in [1.29, 1.82) is 0 Å². The average molecular weight is 436 g/mol. The Morgan fingerprint density at radius 2 is 1.60 bits per heavy atom. The molecule has 1 saturated heterocycles. The number of carbonyl (C=O) groups is 2. The van der Waals surface area contributed by atoms with Gasteiger partial charge in [-0.25, -0.2) is 4.90 Å². The lowest BCUT2D eigenvalue weighted by Crippen LogP contribution is -2.27. The first-order valence-corrected chi connectivity index (χ1v) is 10.5. The maximum Gasteiger partial charge on any atom is 0.298 e. The molecule has 0 aromatic heterocycles. The van der Waals surface area contributed by atoms with Crippen LogP contribution in [-0.2, 0) is 11.4 Å². The predicted molar refractivity (Wildman–Crippen MR) is 122 cm³/mol. The summed E-state index contributed by atoms with van der Waals surface area (Å²) in [5.74, 6) is 0.397. The molecular formula is C24H18ClNO3S. The van der Waals surface area contributed by atoms with Crippen LogP contribution in [0.15, 0.2) is 77.7 Å². The highest BCUT2D eigenvalue weighted by atomic mass is 35.5. The topological polar surface area (TPSA) is 46.6 Å². The zero-order valence-electron chi connectivity index (χ0n) is 16.2. The molecule has 1 heterocycles. The number of ether oxygens (including phenoxy) is 1. The van der Waals surface area contributed by atoms with Crippen molar-refractivity contribution in [2.45, 2.75) is 13.5 Å². The lowest BCUT2D eigenvalue weighted by molar-refractivity contribution is -0.113. The van der Waals surface area contributed by atoms with E-state index < -0.39 is 0 Å². The summed E-state index contributed by atoms with van der Waals surface area (Å²) in [4.78, 5) is 26.6. The number of benzene rings is 3. The van der Waals surface area contributed by atoms with Crippen molar-refractivity contribution in [1.82, 2.24) is 0 Å². The van der Waals surface area contributed by atoms with Gasteiger partial charge in [0, 0.05) is 5.02 Å². The zero-order chi connectivity index (χ0) is 21.1. The van der Waals surface area contributed by atoms with Crippen LogP contribution in [0.5, 0.6) is 5.75 Å². The van der Waals surface area contributed by atoms with Gasteiger partial charge in [0.15, 0.2) is 0 Å². The van der Waals surface area contributed by atoms with Gasteiger partial charge in [-0.1, -0.05) is 53.6 Å². The van der Waals surface area contributed by atoms with Crippen LogP contribution in [0.4, 0.5) is 10.5 Å². The van der Waals surface area contributed by atoms with Crippen LogP contribution in [-0.4, -0.2) is 11.1 Å². The van der Waals surface area contributed by atoms with Gasteiger partial charge in [-0.05, 0) is 72.3 Å². The maximum atomic E-state index is 12.7. The monoisotopic (exact) mass is 435 g/mol. The highest BCUT2D eigenvalue weighted by Gasteiger charge is 2.36. The van der Waals surface area contributed by atoms with E-state index in [2.05, 4.69) is 12.1 Å². The minimum atomic E-state index is -0.341. The van der Waals surface area contributed by atoms with Crippen LogP contribution in [0, 0.1) is 6.92 Å². The molecule has 2 amide bonds. The van der Waals surface area contributed by atoms with Crippen LogP contribution >= 0.6 is 23.4 Å². The van der Waals surface area contributed by atoms with Crippen LogP contribution in [0.2, 0.25) is 5.02 Å². The molecule has 3 aromatic carbocycles. The lowest BCUT2D eigenvalue weighted by atomic mass is 10.1. The Labute approximate surface area is 184 Å². The summed E-state index contributed by atoms with van der Waals surface area (Å²) in [7, 11) is 0. The number of anilines is 1. The third-order valence-corrected chi connectivity index (χ3v) is 5.70. The number of rotatable bonds is 5. The summed E-state index contributed by atoms with van der Waals surface area (Å²) >= 11 is 6.81. The SMILES string of the molecule is Cc1ccc(COc2ccc(/C=C3\SC(=O)N(c4ccc(Cl)cc4)C3=O)cc2)cc1. The maximum absolute atomic E-state index is 12.7. The molecule has 1 fully saturated rings. The number of aryl methyl sites for hydroxylation is 1. The van der Waals surface area contributed by atoms with E-state index >= 15 is 0 Å². The van der Waals surface area contributed by atoms with Crippen LogP contribution in [0.3, 0.4) is 0 Å². The van der Waals surface area contributed by atoms with Crippen molar-refractivity contribution in [3.63, 3.8) is 0 Å². The third-order valence-electron chi connectivity index (χ3n) is 4.58. The number of amides is 2. The minimum Gasteiger partial charge on any atom is -0.489 e. The molecule has 6 heteroatoms. The van der Waals surface area contributed by atoms with E-state index in [0.29, 0.717) is 22.2 Å². The number of hydrogen-bond acceptors (Lipinski definition) is 4. The summed E-state index contributed by atoms with van der Waals surface area (Å²) in [6.45, 7) is 2.53. The van der Waals surface area contributed by atoms with Gasteiger partial charge in [0.1, 0.15) is 12.4 Å². The Morgan fingerprint density at radius 1 is 0.933 bits per heavy atom. The van der Waals surface area contributed by atoms with Crippen molar-refractivity contribution in [3.05, 3.63) is 99.4 Å². The van der Waals surface area contributed by atoms with E-state index in [0.717, 1.165) is 33.5 Å². The molecule has 3 aromatic rings. The fourth-order valence-corrected chi connectivity index (χ4v) is 3.91. The Hall–Kier alpha value is -3.02. The fraction of sp³-hybridized carbons (Fsp3) is 0.0833. The van der Waals surface area contributed by atoms with Crippen LogP contribution in [0.1, 0.15) is 16.7 Å². The summed E-state index contributed by atoms with van der Waals surface area (Å²) < 4.78 is 5.81. The Morgan fingerprint density at radius 3 is 2.27 bits per heavy atom. The number of hydrogen-bond donors (Lipinski definition) is 0.